The number of thiophene rings is 1. The highest BCUT2D eigenvalue weighted by Gasteiger charge is 2.18. The predicted molar refractivity (Wildman–Crippen MR) is 65.2 cm³/mol. The highest BCUT2D eigenvalue weighted by molar-refractivity contribution is 7.14. The summed E-state index contributed by atoms with van der Waals surface area (Å²) in [4.78, 5) is 5.21. The summed E-state index contributed by atoms with van der Waals surface area (Å²) >= 11 is 1.51. The van der Waals surface area contributed by atoms with Crippen LogP contribution in [0, 0.1) is 5.41 Å². The fourth-order valence-corrected chi connectivity index (χ4v) is 2.12. The molecule has 5 heteroatoms. The smallest absolute Gasteiger partial charge is 0.270 e. The van der Waals surface area contributed by atoms with Gasteiger partial charge >= 0.3 is 0 Å². The van der Waals surface area contributed by atoms with Crippen molar-refractivity contribution in [3.8, 4) is 10.8 Å². The molecular formula is C11H15N3OS. The molecule has 0 aliphatic heterocycles. The largest absolute Gasteiger partial charge is 0.397 e. The minimum absolute atomic E-state index is 0.155. The number of hydrogen-bond donors (Lipinski definition) is 1. The van der Waals surface area contributed by atoms with Crippen molar-refractivity contribution in [2.24, 2.45) is 5.41 Å². The molecule has 0 saturated carbocycles. The first kappa shape index (κ1) is 11.1. The van der Waals surface area contributed by atoms with Crippen LogP contribution >= 0.6 is 11.3 Å². The third-order valence-electron chi connectivity index (χ3n) is 2.05. The molecule has 4 nitrogen and oxygen atoms in total. The number of nitrogens with zero attached hydrogens (tertiary/aromatic N) is 2. The van der Waals surface area contributed by atoms with Crippen LogP contribution in [0.1, 0.15) is 26.6 Å². The molecule has 2 aromatic heterocycles. The molecule has 0 spiro atoms. The summed E-state index contributed by atoms with van der Waals surface area (Å²) in [6.45, 7) is 6.42. The van der Waals surface area contributed by atoms with E-state index in [1.165, 1.54) is 11.3 Å². The Kier molecular flexibility index (Phi) is 2.71. The van der Waals surface area contributed by atoms with E-state index in [1.54, 1.807) is 0 Å². The zero-order valence-electron chi connectivity index (χ0n) is 9.65. The second-order valence-corrected chi connectivity index (χ2v) is 5.87. The average molecular weight is 237 g/mol. The van der Waals surface area contributed by atoms with Crippen molar-refractivity contribution in [2.45, 2.75) is 27.2 Å². The van der Waals surface area contributed by atoms with E-state index < -0.39 is 0 Å². The molecule has 0 amide bonds. The number of hydrogen-bond acceptors (Lipinski definition) is 5. The summed E-state index contributed by atoms with van der Waals surface area (Å²) in [6, 6.07) is 1.84. The standard InChI is InChI=1S/C11H15N3OS/c1-11(2,3)6-8-13-10(15-14-8)9-7(12)4-5-16-9/h4-5H,6,12H2,1-3H3. The van der Waals surface area contributed by atoms with Crippen LogP contribution in [0.15, 0.2) is 16.0 Å². The quantitative estimate of drug-likeness (QED) is 0.872. The SMILES string of the molecule is CC(C)(C)Cc1noc(-c2sccc2N)n1. The van der Waals surface area contributed by atoms with Crippen LogP contribution in [-0.2, 0) is 6.42 Å². The molecule has 0 aliphatic carbocycles. The lowest BCUT2D eigenvalue weighted by molar-refractivity contribution is 0.375. The number of rotatable bonds is 2. The fourth-order valence-electron chi connectivity index (χ4n) is 1.39. The van der Waals surface area contributed by atoms with Gasteiger partial charge in [0.05, 0.1) is 5.69 Å². The van der Waals surface area contributed by atoms with Crippen LogP contribution in [0.2, 0.25) is 0 Å². The van der Waals surface area contributed by atoms with Crippen LogP contribution in [-0.4, -0.2) is 10.1 Å². The lowest BCUT2D eigenvalue weighted by Crippen LogP contribution is -2.10. The van der Waals surface area contributed by atoms with Crippen LogP contribution in [0.4, 0.5) is 5.69 Å². The molecule has 2 N–H and O–H groups in total. The highest BCUT2D eigenvalue weighted by Crippen LogP contribution is 2.30. The van der Waals surface area contributed by atoms with Gasteiger partial charge in [0.1, 0.15) is 4.88 Å². The third-order valence-corrected chi connectivity index (χ3v) is 2.96. The Hall–Kier alpha value is -1.36. The molecule has 0 atom stereocenters. The molecule has 2 heterocycles. The molecule has 16 heavy (non-hydrogen) atoms. The Balaban J connectivity index is 2.24. The topological polar surface area (TPSA) is 64.9 Å². The van der Waals surface area contributed by atoms with Crippen LogP contribution in [0.25, 0.3) is 10.8 Å². The van der Waals surface area contributed by atoms with Gasteiger partial charge in [-0.1, -0.05) is 25.9 Å². The molecule has 2 aromatic rings. The first-order chi connectivity index (χ1) is 7.46. The Morgan fingerprint density at radius 2 is 2.19 bits per heavy atom. The van der Waals surface area contributed by atoms with Gasteiger partial charge in [-0.3, -0.25) is 0 Å². The van der Waals surface area contributed by atoms with Gasteiger partial charge in [-0.05, 0) is 16.9 Å². The van der Waals surface area contributed by atoms with Crippen molar-refractivity contribution in [3.63, 3.8) is 0 Å². The first-order valence-electron chi connectivity index (χ1n) is 5.12. The summed E-state index contributed by atoms with van der Waals surface area (Å²) in [7, 11) is 0. The van der Waals surface area contributed by atoms with Crippen molar-refractivity contribution in [1.82, 2.24) is 10.1 Å². The zero-order valence-corrected chi connectivity index (χ0v) is 10.5. The molecule has 0 aliphatic rings. The molecule has 0 fully saturated rings. The van der Waals surface area contributed by atoms with E-state index >= 15 is 0 Å². The van der Waals surface area contributed by atoms with Crippen LogP contribution in [0.5, 0.6) is 0 Å². The fraction of sp³-hybridized carbons (Fsp3) is 0.455. The monoisotopic (exact) mass is 237 g/mol. The van der Waals surface area contributed by atoms with E-state index in [1.807, 2.05) is 11.4 Å². The summed E-state index contributed by atoms with van der Waals surface area (Å²) in [5.74, 6) is 1.25. The minimum Gasteiger partial charge on any atom is -0.397 e. The summed E-state index contributed by atoms with van der Waals surface area (Å²) < 4.78 is 5.21. The van der Waals surface area contributed by atoms with Crippen molar-refractivity contribution in [2.75, 3.05) is 5.73 Å². The number of nitrogens with two attached hydrogens (primary N) is 1. The maximum Gasteiger partial charge on any atom is 0.270 e. The van der Waals surface area contributed by atoms with E-state index in [2.05, 4.69) is 30.9 Å². The highest BCUT2D eigenvalue weighted by atomic mass is 32.1. The summed E-state index contributed by atoms with van der Waals surface area (Å²) in [5.41, 5.74) is 6.64. The van der Waals surface area contributed by atoms with Gasteiger partial charge in [0.2, 0.25) is 0 Å². The van der Waals surface area contributed by atoms with Gasteiger partial charge in [-0.15, -0.1) is 11.3 Å². The number of aromatic nitrogens is 2. The third kappa shape index (κ3) is 2.41. The van der Waals surface area contributed by atoms with E-state index in [9.17, 15) is 0 Å². The Morgan fingerprint density at radius 1 is 1.44 bits per heavy atom. The van der Waals surface area contributed by atoms with E-state index in [0.29, 0.717) is 11.6 Å². The van der Waals surface area contributed by atoms with Crippen LogP contribution < -0.4 is 5.73 Å². The molecule has 0 radical (unpaired) electrons. The Morgan fingerprint density at radius 3 is 2.75 bits per heavy atom. The summed E-state index contributed by atoms with van der Waals surface area (Å²) in [5, 5.41) is 5.88. The van der Waals surface area contributed by atoms with Gasteiger partial charge in [0, 0.05) is 6.42 Å². The van der Waals surface area contributed by atoms with E-state index in [-0.39, 0.29) is 5.41 Å². The molecular weight excluding hydrogens is 222 g/mol. The average Bonchev–Trinajstić information content (AvgIpc) is 2.71. The van der Waals surface area contributed by atoms with Crippen molar-refractivity contribution < 1.29 is 4.52 Å². The van der Waals surface area contributed by atoms with Gasteiger partial charge in [-0.25, -0.2) is 0 Å². The second kappa shape index (κ2) is 3.90. The van der Waals surface area contributed by atoms with Gasteiger partial charge in [-0.2, -0.15) is 4.98 Å². The molecule has 0 unspecified atom stereocenters. The number of nitrogen functional groups attached to an aromatic ring is 1. The maximum absolute atomic E-state index is 5.79. The second-order valence-electron chi connectivity index (χ2n) is 4.96. The maximum atomic E-state index is 5.79. The van der Waals surface area contributed by atoms with Gasteiger partial charge in [0.15, 0.2) is 5.82 Å². The van der Waals surface area contributed by atoms with Gasteiger partial charge < -0.3 is 10.3 Å². The zero-order chi connectivity index (χ0) is 11.8. The lowest BCUT2D eigenvalue weighted by Gasteiger charge is -2.14. The molecule has 86 valence electrons. The first-order valence-corrected chi connectivity index (χ1v) is 5.99. The molecule has 0 saturated heterocycles. The van der Waals surface area contributed by atoms with Crippen molar-refractivity contribution in [1.29, 1.82) is 0 Å². The van der Waals surface area contributed by atoms with E-state index in [4.69, 9.17) is 10.3 Å². The Bertz CT molecular complexity index is 481. The molecule has 0 bridgehead atoms. The Labute approximate surface area is 98.5 Å². The van der Waals surface area contributed by atoms with Crippen molar-refractivity contribution >= 4 is 17.0 Å². The predicted octanol–water partition coefficient (Wildman–Crippen LogP) is 2.97. The lowest BCUT2D eigenvalue weighted by atomic mass is 9.92. The molecule has 0 aromatic carbocycles. The molecule has 2 rings (SSSR count). The van der Waals surface area contributed by atoms with Gasteiger partial charge in [0.25, 0.3) is 5.89 Å². The van der Waals surface area contributed by atoms with Crippen LogP contribution in [0.3, 0.4) is 0 Å². The summed E-state index contributed by atoms with van der Waals surface area (Å²) in [6.07, 6.45) is 0.793. The normalized spacial score (nSPS) is 11.9. The minimum atomic E-state index is 0.155. The van der Waals surface area contributed by atoms with Crippen molar-refractivity contribution in [3.05, 3.63) is 17.3 Å². The number of anilines is 1. The van der Waals surface area contributed by atoms with E-state index in [0.717, 1.165) is 17.1 Å².